The third-order valence-corrected chi connectivity index (χ3v) is 4.39. The molecule has 1 atom stereocenters. The van der Waals surface area contributed by atoms with Crippen molar-refractivity contribution in [2.24, 2.45) is 0 Å². The number of nitrogens with one attached hydrogen (secondary N) is 1. The van der Waals surface area contributed by atoms with Crippen LogP contribution in [0.5, 0.6) is 0 Å². The maximum absolute atomic E-state index is 12.5. The second kappa shape index (κ2) is 7.07. The predicted molar refractivity (Wildman–Crippen MR) is 98.7 cm³/mol. The van der Waals surface area contributed by atoms with E-state index in [9.17, 15) is 9.59 Å². The van der Waals surface area contributed by atoms with Gasteiger partial charge in [-0.25, -0.2) is 4.98 Å². The van der Waals surface area contributed by atoms with E-state index in [0.29, 0.717) is 15.9 Å². The Morgan fingerprint density at radius 1 is 1.28 bits per heavy atom. The summed E-state index contributed by atoms with van der Waals surface area (Å²) in [5.41, 5.74) is 2.20. The lowest BCUT2D eigenvalue weighted by Crippen LogP contribution is -2.34. The van der Waals surface area contributed by atoms with Crippen LogP contribution in [-0.4, -0.2) is 15.5 Å². The molecule has 3 aromatic rings. The SMILES string of the molecule is Cc1ccc2ncn(CC(=O)N[C@@H](C)c3ccccc3Cl)c(=O)c2c1. The Balaban J connectivity index is 1.79. The molecule has 25 heavy (non-hydrogen) atoms. The second-order valence-corrected chi connectivity index (χ2v) is 6.42. The van der Waals surface area contributed by atoms with Crippen molar-refractivity contribution in [3.8, 4) is 0 Å². The number of carbonyl (C=O) groups is 1. The van der Waals surface area contributed by atoms with Crippen molar-refractivity contribution in [1.82, 2.24) is 14.9 Å². The van der Waals surface area contributed by atoms with E-state index in [-0.39, 0.29) is 24.1 Å². The third-order valence-electron chi connectivity index (χ3n) is 4.04. The van der Waals surface area contributed by atoms with E-state index in [0.717, 1.165) is 11.1 Å². The maximum atomic E-state index is 12.5. The summed E-state index contributed by atoms with van der Waals surface area (Å²) in [6.45, 7) is 3.67. The van der Waals surface area contributed by atoms with Gasteiger partial charge < -0.3 is 5.32 Å². The first-order chi connectivity index (χ1) is 12.0. The number of amides is 1. The number of carbonyl (C=O) groups excluding carboxylic acids is 1. The van der Waals surface area contributed by atoms with E-state index in [4.69, 9.17) is 11.6 Å². The summed E-state index contributed by atoms with van der Waals surface area (Å²) in [7, 11) is 0. The van der Waals surface area contributed by atoms with Crippen LogP contribution in [0.4, 0.5) is 0 Å². The Morgan fingerprint density at radius 3 is 2.80 bits per heavy atom. The van der Waals surface area contributed by atoms with Crippen molar-refractivity contribution in [3.05, 3.63) is 75.3 Å². The number of fused-ring (bicyclic) bond motifs is 1. The highest BCUT2D eigenvalue weighted by Crippen LogP contribution is 2.22. The molecule has 128 valence electrons. The fourth-order valence-corrected chi connectivity index (χ4v) is 3.03. The molecule has 0 saturated carbocycles. The second-order valence-electron chi connectivity index (χ2n) is 6.01. The van der Waals surface area contributed by atoms with Crippen LogP contribution in [0.1, 0.15) is 24.1 Å². The predicted octanol–water partition coefficient (Wildman–Crippen LogP) is 3.24. The summed E-state index contributed by atoms with van der Waals surface area (Å²) in [5.74, 6) is -0.275. The van der Waals surface area contributed by atoms with Crippen LogP contribution in [-0.2, 0) is 11.3 Å². The summed E-state index contributed by atoms with van der Waals surface area (Å²) in [4.78, 5) is 29.1. The molecule has 6 heteroatoms. The van der Waals surface area contributed by atoms with E-state index in [2.05, 4.69) is 10.3 Å². The molecular formula is C19H18ClN3O2. The number of aryl methyl sites for hydroxylation is 1. The van der Waals surface area contributed by atoms with Gasteiger partial charge in [-0.3, -0.25) is 14.2 Å². The lowest BCUT2D eigenvalue weighted by molar-refractivity contribution is -0.122. The molecule has 0 unspecified atom stereocenters. The molecule has 1 N–H and O–H groups in total. The summed E-state index contributed by atoms with van der Waals surface area (Å²) < 4.78 is 1.32. The Kier molecular flexibility index (Phi) is 4.86. The van der Waals surface area contributed by atoms with Crippen LogP contribution >= 0.6 is 11.6 Å². The molecule has 1 heterocycles. The van der Waals surface area contributed by atoms with Gasteiger partial charge >= 0.3 is 0 Å². The molecule has 0 aliphatic rings. The highest BCUT2D eigenvalue weighted by atomic mass is 35.5. The van der Waals surface area contributed by atoms with Crippen molar-refractivity contribution >= 4 is 28.4 Å². The quantitative estimate of drug-likeness (QED) is 0.781. The normalized spacial score (nSPS) is 12.1. The number of halogens is 1. The standard InChI is InChI=1S/C19H18ClN3O2/c1-12-7-8-17-15(9-12)19(25)23(11-21-17)10-18(24)22-13(2)14-5-3-4-6-16(14)20/h3-9,11,13H,10H2,1-2H3,(H,22,24)/t13-/m0/s1. The van der Waals surface area contributed by atoms with E-state index in [1.807, 2.05) is 38.1 Å². The van der Waals surface area contributed by atoms with Crippen LogP contribution in [0.15, 0.2) is 53.6 Å². The molecule has 0 radical (unpaired) electrons. The van der Waals surface area contributed by atoms with Gasteiger partial charge in [-0.05, 0) is 37.6 Å². The zero-order valence-electron chi connectivity index (χ0n) is 14.0. The largest absolute Gasteiger partial charge is 0.348 e. The monoisotopic (exact) mass is 355 g/mol. The fraction of sp³-hybridized carbons (Fsp3) is 0.211. The van der Waals surface area contributed by atoms with Crippen molar-refractivity contribution < 1.29 is 4.79 Å². The van der Waals surface area contributed by atoms with E-state index in [1.165, 1.54) is 10.9 Å². The smallest absolute Gasteiger partial charge is 0.261 e. The molecule has 0 saturated heterocycles. The van der Waals surface area contributed by atoms with Crippen LogP contribution < -0.4 is 10.9 Å². The van der Waals surface area contributed by atoms with Gasteiger partial charge in [-0.2, -0.15) is 0 Å². The van der Waals surface area contributed by atoms with Gasteiger partial charge in [0.15, 0.2) is 0 Å². The molecule has 2 aromatic carbocycles. The first kappa shape index (κ1) is 17.2. The van der Waals surface area contributed by atoms with Crippen molar-refractivity contribution in [2.45, 2.75) is 26.4 Å². The van der Waals surface area contributed by atoms with Gasteiger partial charge in [0.1, 0.15) is 6.54 Å². The number of aromatic nitrogens is 2. The van der Waals surface area contributed by atoms with Crippen molar-refractivity contribution in [2.75, 3.05) is 0 Å². The third kappa shape index (κ3) is 3.72. The Hall–Kier alpha value is -2.66. The topological polar surface area (TPSA) is 64.0 Å². The summed E-state index contributed by atoms with van der Waals surface area (Å²) in [6, 6.07) is 12.6. The molecule has 1 aromatic heterocycles. The van der Waals surface area contributed by atoms with E-state index in [1.54, 1.807) is 18.2 Å². The number of hydrogen-bond acceptors (Lipinski definition) is 3. The number of nitrogens with zero attached hydrogens (tertiary/aromatic N) is 2. The molecule has 0 aliphatic carbocycles. The minimum atomic E-state index is -0.275. The average Bonchev–Trinajstić information content (AvgIpc) is 2.58. The maximum Gasteiger partial charge on any atom is 0.261 e. The molecule has 5 nitrogen and oxygen atoms in total. The zero-order valence-corrected chi connectivity index (χ0v) is 14.7. The van der Waals surface area contributed by atoms with E-state index >= 15 is 0 Å². The van der Waals surface area contributed by atoms with Crippen LogP contribution in [0, 0.1) is 6.92 Å². The summed E-state index contributed by atoms with van der Waals surface area (Å²) in [5, 5.41) is 3.96. The van der Waals surface area contributed by atoms with Gasteiger partial charge in [0.05, 0.1) is 23.3 Å². The first-order valence-corrected chi connectivity index (χ1v) is 8.33. The Bertz CT molecular complexity index is 997. The van der Waals surface area contributed by atoms with E-state index < -0.39 is 0 Å². The summed E-state index contributed by atoms with van der Waals surface area (Å²) >= 11 is 6.15. The molecule has 0 spiro atoms. The highest BCUT2D eigenvalue weighted by molar-refractivity contribution is 6.31. The van der Waals surface area contributed by atoms with Gasteiger partial charge in [-0.1, -0.05) is 41.4 Å². The molecule has 0 fully saturated rings. The molecule has 3 rings (SSSR count). The zero-order chi connectivity index (χ0) is 18.0. The summed E-state index contributed by atoms with van der Waals surface area (Å²) in [6.07, 6.45) is 1.40. The Labute approximate surface area is 150 Å². The molecule has 0 aliphatic heterocycles. The number of hydrogen-bond donors (Lipinski definition) is 1. The van der Waals surface area contributed by atoms with Crippen LogP contribution in [0.2, 0.25) is 5.02 Å². The average molecular weight is 356 g/mol. The molecule has 0 bridgehead atoms. The lowest BCUT2D eigenvalue weighted by Gasteiger charge is -2.16. The van der Waals surface area contributed by atoms with Gasteiger partial charge in [0.25, 0.3) is 5.56 Å². The van der Waals surface area contributed by atoms with Gasteiger partial charge in [-0.15, -0.1) is 0 Å². The van der Waals surface area contributed by atoms with Gasteiger partial charge in [0.2, 0.25) is 5.91 Å². The lowest BCUT2D eigenvalue weighted by atomic mass is 10.1. The van der Waals surface area contributed by atoms with Crippen molar-refractivity contribution in [1.29, 1.82) is 0 Å². The van der Waals surface area contributed by atoms with Crippen LogP contribution in [0.25, 0.3) is 10.9 Å². The highest BCUT2D eigenvalue weighted by Gasteiger charge is 2.14. The van der Waals surface area contributed by atoms with Gasteiger partial charge in [0, 0.05) is 5.02 Å². The fourth-order valence-electron chi connectivity index (χ4n) is 2.73. The van der Waals surface area contributed by atoms with Crippen molar-refractivity contribution in [3.63, 3.8) is 0 Å². The minimum Gasteiger partial charge on any atom is -0.348 e. The molecular weight excluding hydrogens is 338 g/mol. The van der Waals surface area contributed by atoms with Crippen LogP contribution in [0.3, 0.4) is 0 Å². The minimum absolute atomic E-state index is 0.0928. The number of benzene rings is 2. The molecule has 1 amide bonds. The Morgan fingerprint density at radius 2 is 2.04 bits per heavy atom. The number of rotatable bonds is 4. The first-order valence-electron chi connectivity index (χ1n) is 7.95.